The fourth-order valence-corrected chi connectivity index (χ4v) is 4.43. The van der Waals surface area contributed by atoms with Crippen LogP contribution in [0.1, 0.15) is 0 Å². The molecule has 2 saturated heterocycles. The number of rotatable bonds is 4. The van der Waals surface area contributed by atoms with Crippen molar-refractivity contribution < 1.29 is 32.1 Å². The van der Waals surface area contributed by atoms with Gasteiger partial charge in [-0.2, -0.15) is 4.31 Å². The molecule has 3 rings (SSSR count). The molecule has 11 heteroatoms. The van der Waals surface area contributed by atoms with Crippen LogP contribution in [0.2, 0.25) is 0 Å². The zero-order chi connectivity index (χ0) is 19.1. The Morgan fingerprint density at radius 2 is 1.77 bits per heavy atom. The number of benzene rings is 1. The molecule has 0 aromatic heterocycles. The summed E-state index contributed by atoms with van der Waals surface area (Å²) in [7, 11) is -2.57. The summed E-state index contributed by atoms with van der Waals surface area (Å²) in [6.07, 6.45) is 0. The van der Waals surface area contributed by atoms with Crippen LogP contribution >= 0.6 is 0 Å². The maximum Gasteiger partial charge on any atom is 0.338 e. The van der Waals surface area contributed by atoms with E-state index in [0.29, 0.717) is 13.1 Å². The number of amides is 4. The summed E-state index contributed by atoms with van der Waals surface area (Å²) >= 11 is 0. The number of halogens is 1. The van der Waals surface area contributed by atoms with Crippen LogP contribution in [0, 0.1) is 5.82 Å². The second kappa shape index (κ2) is 6.74. The van der Waals surface area contributed by atoms with Crippen LogP contribution in [0.4, 0.5) is 9.18 Å². The number of piperazine rings is 1. The molecule has 0 atom stereocenters. The lowest BCUT2D eigenvalue weighted by molar-refractivity contribution is -0.910. The number of nitrogens with zero attached hydrogens (tertiary/aromatic N) is 3. The van der Waals surface area contributed by atoms with E-state index in [-0.39, 0.29) is 24.7 Å². The lowest BCUT2D eigenvalue weighted by Crippen LogP contribution is -3.16. The van der Waals surface area contributed by atoms with E-state index < -0.39 is 33.7 Å². The molecule has 0 bridgehead atoms. The predicted molar refractivity (Wildman–Crippen MR) is 85.7 cm³/mol. The van der Waals surface area contributed by atoms with Crippen LogP contribution in [0.25, 0.3) is 0 Å². The molecule has 0 aliphatic carbocycles. The van der Waals surface area contributed by atoms with E-state index in [1.54, 1.807) is 0 Å². The van der Waals surface area contributed by atoms with Crippen LogP contribution in [0.15, 0.2) is 29.2 Å². The van der Waals surface area contributed by atoms with Crippen molar-refractivity contribution in [1.82, 2.24) is 14.1 Å². The van der Waals surface area contributed by atoms with Gasteiger partial charge in [0.1, 0.15) is 5.82 Å². The first-order valence-electron chi connectivity index (χ1n) is 7.94. The fourth-order valence-electron chi connectivity index (χ4n) is 2.95. The van der Waals surface area contributed by atoms with Gasteiger partial charge in [0.15, 0.2) is 6.67 Å². The average Bonchev–Trinajstić information content (AvgIpc) is 2.80. The van der Waals surface area contributed by atoms with Gasteiger partial charge in [-0.1, -0.05) is 6.07 Å². The number of likely N-dealkylation sites (N-methyl/N-ethyl adjacent to an activating group) is 1. The third-order valence-corrected chi connectivity index (χ3v) is 6.39. The Morgan fingerprint density at radius 3 is 2.31 bits per heavy atom. The van der Waals surface area contributed by atoms with Gasteiger partial charge in [0, 0.05) is 7.05 Å². The van der Waals surface area contributed by atoms with E-state index in [2.05, 4.69) is 0 Å². The number of quaternary nitrogens is 1. The third kappa shape index (κ3) is 3.20. The zero-order valence-corrected chi connectivity index (χ0v) is 14.8. The first kappa shape index (κ1) is 18.4. The molecular weight excluding hydrogens is 367 g/mol. The SMILES string of the molecule is CN1C(=O)C(=O)N(C[NH+]2CCN(S(=O)(=O)c3cccc(F)c3)CC2)C1=O. The number of hydrogen-bond donors (Lipinski definition) is 1. The number of imide groups is 2. The minimum atomic E-state index is -3.80. The molecule has 0 saturated carbocycles. The summed E-state index contributed by atoms with van der Waals surface area (Å²) in [6, 6.07) is 4.13. The van der Waals surface area contributed by atoms with Crippen molar-refractivity contribution in [2.24, 2.45) is 0 Å². The van der Waals surface area contributed by atoms with Crippen molar-refractivity contribution in [3.8, 4) is 0 Å². The van der Waals surface area contributed by atoms with Crippen molar-refractivity contribution in [2.75, 3.05) is 39.9 Å². The summed E-state index contributed by atoms with van der Waals surface area (Å²) in [6.45, 7) is 1.02. The first-order valence-corrected chi connectivity index (χ1v) is 9.38. The number of hydrogen-bond acceptors (Lipinski definition) is 5. The molecule has 2 fully saturated rings. The van der Waals surface area contributed by atoms with Crippen LogP contribution in [0.5, 0.6) is 0 Å². The Morgan fingerprint density at radius 1 is 1.12 bits per heavy atom. The van der Waals surface area contributed by atoms with E-state index in [0.717, 1.165) is 20.8 Å². The Kier molecular flexibility index (Phi) is 4.78. The molecule has 2 heterocycles. The van der Waals surface area contributed by atoms with Crippen molar-refractivity contribution in [3.05, 3.63) is 30.1 Å². The molecule has 1 aromatic rings. The van der Waals surface area contributed by atoms with Crippen molar-refractivity contribution >= 4 is 27.9 Å². The summed E-state index contributed by atoms with van der Waals surface area (Å²) in [5.74, 6) is -2.38. The summed E-state index contributed by atoms with van der Waals surface area (Å²) in [5, 5.41) is 0. The van der Waals surface area contributed by atoms with E-state index >= 15 is 0 Å². The third-order valence-electron chi connectivity index (χ3n) is 4.50. The van der Waals surface area contributed by atoms with E-state index in [4.69, 9.17) is 0 Å². The average molecular weight is 385 g/mol. The normalized spacial score (nSPS) is 20.3. The number of sulfonamides is 1. The molecule has 0 radical (unpaired) electrons. The molecule has 9 nitrogen and oxygen atoms in total. The molecule has 140 valence electrons. The van der Waals surface area contributed by atoms with Gasteiger partial charge in [0.25, 0.3) is 0 Å². The van der Waals surface area contributed by atoms with Crippen LogP contribution < -0.4 is 4.90 Å². The monoisotopic (exact) mass is 385 g/mol. The quantitative estimate of drug-likeness (QED) is 0.482. The highest BCUT2D eigenvalue weighted by Crippen LogP contribution is 2.16. The number of carbonyl (C=O) groups excluding carboxylic acids is 3. The van der Waals surface area contributed by atoms with Gasteiger partial charge in [-0.3, -0.25) is 14.5 Å². The molecule has 2 aliphatic rings. The minimum absolute atomic E-state index is 0.00159. The smallest absolute Gasteiger partial charge is 0.315 e. The molecule has 26 heavy (non-hydrogen) atoms. The largest absolute Gasteiger partial charge is 0.338 e. The molecule has 0 spiro atoms. The zero-order valence-electron chi connectivity index (χ0n) is 14.0. The van der Waals surface area contributed by atoms with Gasteiger partial charge in [-0.15, -0.1) is 0 Å². The van der Waals surface area contributed by atoms with E-state index in [1.165, 1.54) is 29.6 Å². The van der Waals surface area contributed by atoms with Gasteiger partial charge < -0.3 is 4.90 Å². The first-order chi connectivity index (χ1) is 12.2. The van der Waals surface area contributed by atoms with Crippen molar-refractivity contribution in [3.63, 3.8) is 0 Å². The summed E-state index contributed by atoms with van der Waals surface area (Å²) in [5.41, 5.74) is 0. The molecule has 1 aromatic carbocycles. The van der Waals surface area contributed by atoms with Crippen LogP contribution in [-0.2, 0) is 19.6 Å². The lowest BCUT2D eigenvalue weighted by Gasteiger charge is -2.32. The fraction of sp³-hybridized carbons (Fsp3) is 0.400. The summed E-state index contributed by atoms with van der Waals surface area (Å²) in [4.78, 5) is 37.5. The molecule has 2 aliphatic heterocycles. The second-order valence-electron chi connectivity index (χ2n) is 6.15. The van der Waals surface area contributed by atoms with Crippen LogP contribution in [0.3, 0.4) is 0 Å². The summed E-state index contributed by atoms with van der Waals surface area (Å²) < 4.78 is 39.7. The van der Waals surface area contributed by atoms with E-state index in [9.17, 15) is 27.2 Å². The Balaban J connectivity index is 1.64. The lowest BCUT2D eigenvalue weighted by atomic mass is 10.3. The van der Waals surface area contributed by atoms with Gasteiger partial charge in [-0.25, -0.2) is 22.5 Å². The van der Waals surface area contributed by atoms with Crippen molar-refractivity contribution in [1.29, 1.82) is 0 Å². The van der Waals surface area contributed by atoms with Gasteiger partial charge >= 0.3 is 17.8 Å². The number of urea groups is 1. The Bertz CT molecular complexity index is 867. The predicted octanol–water partition coefficient (Wildman–Crippen LogP) is -1.91. The second-order valence-corrected chi connectivity index (χ2v) is 8.09. The van der Waals surface area contributed by atoms with Crippen molar-refractivity contribution in [2.45, 2.75) is 4.90 Å². The van der Waals surface area contributed by atoms with E-state index in [1.807, 2.05) is 0 Å². The standard InChI is InChI=1S/C15H17FN4O5S/c1-17-13(21)14(22)20(15(17)23)10-18-5-7-19(8-6-18)26(24,25)12-4-2-3-11(16)9-12/h2-4,9H,5-8,10H2,1H3/p+1. The molecule has 0 unspecified atom stereocenters. The minimum Gasteiger partial charge on any atom is -0.315 e. The highest BCUT2D eigenvalue weighted by Gasteiger charge is 2.44. The Hall–Kier alpha value is -2.37. The highest BCUT2D eigenvalue weighted by molar-refractivity contribution is 7.89. The molecule has 4 amide bonds. The topological polar surface area (TPSA) is 99.5 Å². The maximum atomic E-state index is 13.3. The molecular formula is C15H18FN4O5S+. The van der Waals surface area contributed by atoms with Crippen LogP contribution in [-0.4, -0.2) is 80.3 Å². The maximum absolute atomic E-state index is 13.3. The Labute approximate surface area is 149 Å². The van der Waals surface area contributed by atoms with Gasteiger partial charge in [-0.05, 0) is 18.2 Å². The number of nitrogens with one attached hydrogen (secondary N) is 1. The van der Waals surface area contributed by atoms with Gasteiger partial charge in [0.2, 0.25) is 10.0 Å². The molecule has 1 N–H and O–H groups in total. The highest BCUT2D eigenvalue weighted by atomic mass is 32.2. The van der Waals surface area contributed by atoms with Gasteiger partial charge in [0.05, 0.1) is 31.1 Å². The number of carbonyl (C=O) groups is 3.